The molecule has 0 aromatic carbocycles. The second kappa shape index (κ2) is 8.14. The molecule has 4 heterocycles. The summed E-state index contributed by atoms with van der Waals surface area (Å²) >= 11 is 0. The number of pyridine rings is 1. The number of hydrogen-bond acceptors (Lipinski definition) is 7. The van der Waals surface area contributed by atoms with Crippen LogP contribution in [0.2, 0.25) is 0 Å². The van der Waals surface area contributed by atoms with Crippen molar-refractivity contribution in [3.05, 3.63) is 40.7 Å². The molecule has 33 heavy (non-hydrogen) atoms. The average Bonchev–Trinajstić information content (AvgIpc) is 3.49. The zero-order valence-corrected chi connectivity index (χ0v) is 19.8. The van der Waals surface area contributed by atoms with Gasteiger partial charge in [0.05, 0.1) is 29.5 Å². The van der Waals surface area contributed by atoms with Crippen molar-refractivity contribution in [2.45, 2.75) is 71.1 Å². The van der Waals surface area contributed by atoms with Gasteiger partial charge in [0.15, 0.2) is 12.1 Å². The van der Waals surface area contributed by atoms with E-state index in [9.17, 15) is 10.1 Å². The highest BCUT2D eigenvalue weighted by atomic mass is 16.5. The number of piperazine rings is 1. The molecule has 8 nitrogen and oxygen atoms in total. The van der Waals surface area contributed by atoms with Crippen LogP contribution in [-0.2, 0) is 17.8 Å². The number of oxazole rings is 1. The number of amides is 1. The molecular formula is C25H31N5O3. The Hall–Kier alpha value is -2.92. The Labute approximate surface area is 194 Å². The summed E-state index contributed by atoms with van der Waals surface area (Å²) in [4.78, 5) is 26.3. The van der Waals surface area contributed by atoms with Crippen LogP contribution in [0.3, 0.4) is 0 Å². The molecular weight excluding hydrogens is 418 g/mol. The van der Waals surface area contributed by atoms with Gasteiger partial charge in [-0.15, -0.1) is 0 Å². The molecule has 1 unspecified atom stereocenters. The second-order valence-electron chi connectivity index (χ2n) is 10.4. The standard InChI is InChI=1S/C25H31N5O3/c1-15(2)21-11-29(7-8-30(21)24(31)20-13-32-14-27-20)23-18(10-26)17-9-25(3,4)33-12-19(17)22(28-23)16-5-6-16/h13-16,21H,5-9,11-12H2,1-4H3. The molecule has 1 amide bonds. The molecule has 1 saturated heterocycles. The van der Waals surface area contributed by atoms with Gasteiger partial charge in [-0.05, 0) is 38.2 Å². The fraction of sp³-hybridized carbons (Fsp3) is 0.600. The largest absolute Gasteiger partial charge is 0.451 e. The van der Waals surface area contributed by atoms with E-state index in [0.29, 0.717) is 49.8 Å². The predicted octanol–water partition coefficient (Wildman–Crippen LogP) is 3.66. The monoisotopic (exact) mass is 449 g/mol. The zero-order chi connectivity index (χ0) is 23.3. The van der Waals surface area contributed by atoms with Crippen LogP contribution in [0.15, 0.2) is 17.1 Å². The lowest BCUT2D eigenvalue weighted by Gasteiger charge is -2.44. The van der Waals surface area contributed by atoms with E-state index in [1.807, 2.05) is 4.90 Å². The Morgan fingerprint density at radius 3 is 2.70 bits per heavy atom. The van der Waals surface area contributed by atoms with Gasteiger partial charge in [-0.25, -0.2) is 9.97 Å². The molecule has 0 N–H and O–H groups in total. The molecule has 5 rings (SSSR count). The van der Waals surface area contributed by atoms with Crippen LogP contribution in [0.5, 0.6) is 0 Å². The first-order valence-corrected chi connectivity index (χ1v) is 11.8. The number of hydrogen-bond donors (Lipinski definition) is 0. The summed E-state index contributed by atoms with van der Waals surface area (Å²) in [6, 6.07) is 2.47. The van der Waals surface area contributed by atoms with Crippen molar-refractivity contribution < 1.29 is 13.9 Å². The Morgan fingerprint density at radius 1 is 1.27 bits per heavy atom. The summed E-state index contributed by atoms with van der Waals surface area (Å²) in [5.41, 5.74) is 4.03. The van der Waals surface area contributed by atoms with E-state index in [1.165, 1.54) is 12.7 Å². The maximum absolute atomic E-state index is 13.1. The van der Waals surface area contributed by atoms with E-state index >= 15 is 0 Å². The van der Waals surface area contributed by atoms with E-state index < -0.39 is 0 Å². The Morgan fingerprint density at radius 2 is 2.06 bits per heavy atom. The average molecular weight is 450 g/mol. The molecule has 1 saturated carbocycles. The molecule has 8 heteroatoms. The van der Waals surface area contributed by atoms with Crippen LogP contribution < -0.4 is 4.90 Å². The van der Waals surface area contributed by atoms with Crippen LogP contribution in [-0.4, -0.2) is 52.1 Å². The van der Waals surface area contributed by atoms with Gasteiger partial charge >= 0.3 is 0 Å². The van der Waals surface area contributed by atoms with Gasteiger partial charge < -0.3 is 19.0 Å². The van der Waals surface area contributed by atoms with E-state index in [2.05, 4.69) is 43.6 Å². The zero-order valence-electron chi connectivity index (χ0n) is 19.8. The van der Waals surface area contributed by atoms with Crippen molar-refractivity contribution in [3.8, 4) is 6.07 Å². The van der Waals surface area contributed by atoms with Gasteiger partial charge in [-0.1, -0.05) is 13.8 Å². The lowest BCUT2D eigenvalue weighted by molar-refractivity contribution is -0.0407. The SMILES string of the molecule is CC(C)C1CN(c2nc(C3CC3)c3c(c2C#N)CC(C)(C)OC3)CCN1C(=O)c1cocn1. The summed E-state index contributed by atoms with van der Waals surface area (Å²) in [6.07, 6.45) is 5.68. The lowest BCUT2D eigenvalue weighted by atomic mass is 9.87. The van der Waals surface area contributed by atoms with Crippen LogP contribution in [0.4, 0.5) is 5.82 Å². The topological polar surface area (TPSA) is 95.5 Å². The maximum atomic E-state index is 13.1. The smallest absolute Gasteiger partial charge is 0.276 e. The summed E-state index contributed by atoms with van der Waals surface area (Å²) in [5, 5.41) is 10.2. The van der Waals surface area contributed by atoms with Gasteiger partial charge in [0.1, 0.15) is 18.2 Å². The van der Waals surface area contributed by atoms with Gasteiger partial charge in [0.2, 0.25) is 0 Å². The minimum absolute atomic E-state index is 0.0172. The fourth-order valence-corrected chi connectivity index (χ4v) is 5.11. The minimum Gasteiger partial charge on any atom is -0.451 e. The van der Waals surface area contributed by atoms with Crippen LogP contribution >= 0.6 is 0 Å². The summed E-state index contributed by atoms with van der Waals surface area (Å²) < 4.78 is 11.1. The van der Waals surface area contributed by atoms with Gasteiger partial charge in [-0.2, -0.15) is 5.26 Å². The van der Waals surface area contributed by atoms with Gasteiger partial charge in [0.25, 0.3) is 5.91 Å². The highest BCUT2D eigenvalue weighted by molar-refractivity contribution is 5.92. The van der Waals surface area contributed by atoms with Crippen molar-refractivity contribution in [3.63, 3.8) is 0 Å². The minimum atomic E-state index is -0.304. The third kappa shape index (κ3) is 3.99. The third-order valence-electron chi connectivity index (χ3n) is 7.11. The van der Waals surface area contributed by atoms with Crippen LogP contribution in [0.1, 0.15) is 79.3 Å². The molecule has 0 spiro atoms. The lowest BCUT2D eigenvalue weighted by Crippen LogP contribution is -2.57. The molecule has 2 aromatic heterocycles. The van der Waals surface area contributed by atoms with E-state index in [4.69, 9.17) is 14.1 Å². The fourth-order valence-electron chi connectivity index (χ4n) is 5.11. The molecule has 2 aliphatic heterocycles. The first-order valence-electron chi connectivity index (χ1n) is 11.8. The Kier molecular flexibility index (Phi) is 5.40. The number of carbonyl (C=O) groups is 1. The first kappa shape index (κ1) is 21.9. The highest BCUT2D eigenvalue weighted by Gasteiger charge is 2.39. The summed E-state index contributed by atoms with van der Waals surface area (Å²) in [7, 11) is 0. The van der Waals surface area contributed by atoms with Gasteiger partial charge in [-0.3, -0.25) is 4.79 Å². The Balaban J connectivity index is 1.51. The maximum Gasteiger partial charge on any atom is 0.276 e. The highest BCUT2D eigenvalue weighted by Crippen LogP contribution is 2.46. The normalized spacial score (nSPS) is 22.2. The van der Waals surface area contributed by atoms with E-state index in [1.54, 1.807) is 0 Å². The predicted molar refractivity (Wildman–Crippen MR) is 122 cm³/mol. The van der Waals surface area contributed by atoms with Crippen LogP contribution in [0.25, 0.3) is 0 Å². The quantitative estimate of drug-likeness (QED) is 0.703. The van der Waals surface area contributed by atoms with Gasteiger partial charge in [0, 0.05) is 37.5 Å². The van der Waals surface area contributed by atoms with Crippen molar-refractivity contribution in [1.82, 2.24) is 14.9 Å². The number of rotatable bonds is 4. The second-order valence-corrected chi connectivity index (χ2v) is 10.4. The first-order chi connectivity index (χ1) is 15.8. The number of aromatic nitrogens is 2. The number of nitriles is 1. The van der Waals surface area contributed by atoms with Crippen molar-refractivity contribution in [2.75, 3.05) is 24.5 Å². The molecule has 1 atom stereocenters. The number of fused-ring (bicyclic) bond motifs is 1. The molecule has 0 radical (unpaired) electrons. The summed E-state index contributed by atoms with van der Waals surface area (Å²) in [5.74, 6) is 1.36. The Bertz CT molecular complexity index is 1100. The number of anilines is 1. The molecule has 2 fully saturated rings. The van der Waals surface area contributed by atoms with Crippen molar-refractivity contribution >= 4 is 11.7 Å². The molecule has 2 aromatic rings. The van der Waals surface area contributed by atoms with E-state index in [-0.39, 0.29) is 23.5 Å². The molecule has 1 aliphatic carbocycles. The van der Waals surface area contributed by atoms with E-state index in [0.717, 1.165) is 35.5 Å². The number of carbonyl (C=O) groups excluding carboxylic acids is 1. The van der Waals surface area contributed by atoms with Crippen LogP contribution in [0, 0.1) is 17.2 Å². The van der Waals surface area contributed by atoms with Crippen molar-refractivity contribution in [2.24, 2.45) is 5.92 Å². The number of nitrogens with zero attached hydrogens (tertiary/aromatic N) is 5. The molecule has 174 valence electrons. The third-order valence-corrected chi connectivity index (χ3v) is 7.11. The molecule has 0 bridgehead atoms. The molecule has 3 aliphatic rings. The summed E-state index contributed by atoms with van der Waals surface area (Å²) in [6.45, 7) is 10.7. The number of ether oxygens (including phenoxy) is 1. The van der Waals surface area contributed by atoms with Crippen molar-refractivity contribution in [1.29, 1.82) is 5.26 Å².